The van der Waals surface area contributed by atoms with Crippen molar-refractivity contribution in [2.24, 2.45) is 11.7 Å². The molecule has 2 N–H and O–H groups in total. The van der Waals surface area contributed by atoms with Gasteiger partial charge in [-0.05, 0) is 20.8 Å². The first-order valence-electron chi connectivity index (χ1n) is 6.78. The molecule has 0 aromatic heterocycles. The van der Waals surface area contributed by atoms with Crippen molar-refractivity contribution in [1.29, 1.82) is 0 Å². The number of amides is 1. The lowest BCUT2D eigenvalue weighted by molar-refractivity contribution is 0.000150. The van der Waals surface area contributed by atoms with E-state index in [-0.39, 0.29) is 5.92 Å². The molecule has 0 radical (unpaired) electrons. The van der Waals surface area contributed by atoms with Gasteiger partial charge in [-0.3, -0.25) is 0 Å². The minimum Gasteiger partial charge on any atom is -0.441 e. The predicted octanol–water partition coefficient (Wildman–Crippen LogP) is 1.70. The lowest BCUT2D eigenvalue weighted by atomic mass is 10.1. The minimum absolute atomic E-state index is 0.177. The minimum atomic E-state index is -3.21. The van der Waals surface area contributed by atoms with Crippen LogP contribution in [-0.4, -0.2) is 40.4 Å². The van der Waals surface area contributed by atoms with Crippen LogP contribution in [-0.2, 0) is 18.0 Å². The number of primary amides is 1. The summed E-state index contributed by atoms with van der Waals surface area (Å²) in [4.78, 5) is 11.2. The maximum Gasteiger partial charge on any atom is 0.544 e. The quantitative estimate of drug-likeness (QED) is 0.491. The third kappa shape index (κ3) is 5.51. The zero-order valence-electron chi connectivity index (χ0n) is 12.7. The Hall–Kier alpha value is -1.07. The third-order valence-electron chi connectivity index (χ3n) is 2.58. The van der Waals surface area contributed by atoms with Crippen molar-refractivity contribution in [3.05, 3.63) is 0 Å². The van der Waals surface area contributed by atoms with E-state index in [1.54, 1.807) is 0 Å². The van der Waals surface area contributed by atoms with Crippen molar-refractivity contribution >= 4 is 14.9 Å². The molecule has 2 atom stereocenters. The fourth-order valence-corrected chi connectivity index (χ4v) is 4.95. The van der Waals surface area contributed by atoms with Gasteiger partial charge in [0.2, 0.25) is 0 Å². The summed E-state index contributed by atoms with van der Waals surface area (Å²) in [5.41, 5.74) is 4.44. The highest BCUT2D eigenvalue weighted by atomic mass is 28.4. The Bertz CT molecular complexity index is 314. The van der Waals surface area contributed by atoms with Gasteiger partial charge in [-0.1, -0.05) is 6.92 Å². The number of carbonyl (C=O) groups is 1. The molecule has 6 nitrogen and oxygen atoms in total. The smallest absolute Gasteiger partial charge is 0.441 e. The van der Waals surface area contributed by atoms with E-state index in [2.05, 4.69) is 5.92 Å². The van der Waals surface area contributed by atoms with E-state index in [1.807, 2.05) is 27.7 Å². The number of hydrogen-bond acceptors (Lipinski definition) is 5. The van der Waals surface area contributed by atoms with Crippen LogP contribution in [0.15, 0.2) is 0 Å². The Morgan fingerprint density at radius 3 is 1.95 bits per heavy atom. The first kappa shape index (κ1) is 18.9. The van der Waals surface area contributed by atoms with Crippen LogP contribution in [0.25, 0.3) is 0 Å². The van der Waals surface area contributed by atoms with Crippen LogP contribution in [0.3, 0.4) is 0 Å². The van der Waals surface area contributed by atoms with E-state index in [9.17, 15) is 4.79 Å². The average Bonchev–Trinajstić information content (AvgIpc) is 2.36. The average molecular weight is 303 g/mol. The Labute approximate surface area is 122 Å². The van der Waals surface area contributed by atoms with Crippen LogP contribution in [0.5, 0.6) is 0 Å². The zero-order chi connectivity index (χ0) is 15.6. The largest absolute Gasteiger partial charge is 0.544 e. The molecule has 0 aromatic carbocycles. The summed E-state index contributed by atoms with van der Waals surface area (Å²) in [5, 5.41) is 0. The Morgan fingerprint density at radius 1 is 1.20 bits per heavy atom. The van der Waals surface area contributed by atoms with Crippen LogP contribution >= 0.6 is 0 Å². The summed E-state index contributed by atoms with van der Waals surface area (Å²) >= 11 is 0. The fourth-order valence-electron chi connectivity index (χ4n) is 1.93. The molecule has 116 valence electrons. The predicted molar refractivity (Wildman–Crippen MR) is 77.7 cm³/mol. The van der Waals surface area contributed by atoms with Gasteiger partial charge in [0.1, 0.15) is 0 Å². The number of hydrogen-bond donors (Lipinski definition) is 1. The summed E-state index contributed by atoms with van der Waals surface area (Å²) in [6.07, 6.45) is 4.84. The molecule has 20 heavy (non-hydrogen) atoms. The fraction of sp³-hybridized carbons (Fsp3) is 0.769. The van der Waals surface area contributed by atoms with Gasteiger partial charge < -0.3 is 23.7 Å². The number of ether oxygens (including phenoxy) is 1. The Morgan fingerprint density at radius 2 is 1.65 bits per heavy atom. The van der Waals surface area contributed by atoms with Gasteiger partial charge in [-0.15, -0.1) is 12.3 Å². The first-order chi connectivity index (χ1) is 9.47. The molecule has 0 aliphatic rings. The van der Waals surface area contributed by atoms with Gasteiger partial charge in [0.25, 0.3) is 0 Å². The van der Waals surface area contributed by atoms with Crippen LogP contribution < -0.4 is 5.73 Å². The van der Waals surface area contributed by atoms with E-state index >= 15 is 0 Å². The second kappa shape index (κ2) is 9.77. The molecule has 1 amide bonds. The summed E-state index contributed by atoms with van der Waals surface area (Å²) in [7, 11) is -3.21. The van der Waals surface area contributed by atoms with Crippen LogP contribution in [0.1, 0.15) is 34.1 Å². The number of terminal acetylenes is 1. The molecular weight excluding hydrogens is 278 g/mol. The van der Waals surface area contributed by atoms with Crippen molar-refractivity contribution in [2.75, 3.05) is 19.8 Å². The van der Waals surface area contributed by atoms with Crippen molar-refractivity contribution in [3.63, 3.8) is 0 Å². The Kier molecular flexibility index (Phi) is 9.25. The van der Waals surface area contributed by atoms with E-state index in [4.69, 9.17) is 30.2 Å². The molecule has 0 rings (SSSR count). The van der Waals surface area contributed by atoms with Crippen molar-refractivity contribution in [1.82, 2.24) is 0 Å². The number of nitrogens with two attached hydrogens (primary N) is 1. The molecule has 0 saturated carbocycles. The van der Waals surface area contributed by atoms with Crippen molar-refractivity contribution in [2.45, 2.75) is 39.8 Å². The topological polar surface area (TPSA) is 80.0 Å². The summed E-state index contributed by atoms with van der Waals surface area (Å²) in [6, 6.07) is 0. The zero-order valence-corrected chi connectivity index (χ0v) is 13.7. The van der Waals surface area contributed by atoms with Gasteiger partial charge in [-0.25, -0.2) is 4.79 Å². The molecule has 0 aromatic rings. The van der Waals surface area contributed by atoms with Gasteiger partial charge in [0, 0.05) is 32.2 Å². The van der Waals surface area contributed by atoms with E-state index < -0.39 is 20.6 Å². The molecule has 0 fully saturated rings. The molecule has 0 spiro atoms. The van der Waals surface area contributed by atoms with Crippen molar-refractivity contribution in [3.8, 4) is 12.3 Å². The lowest BCUT2D eigenvalue weighted by Gasteiger charge is -2.36. The standard InChI is InChI=1S/C13H25NO5Si/c1-6-10-11(5)12(19-13(14)15)20(16-7-2,17-8-3)18-9-4/h1,11-12H,7-10H2,2-5H3,(H2,14,15). The molecule has 2 unspecified atom stereocenters. The second-order valence-corrected chi connectivity index (χ2v) is 6.79. The van der Waals surface area contributed by atoms with E-state index in [1.165, 1.54) is 0 Å². The molecule has 0 saturated heterocycles. The normalized spacial score (nSPS) is 14.3. The maximum absolute atomic E-state index is 11.2. The lowest BCUT2D eigenvalue weighted by Crippen LogP contribution is -2.60. The highest BCUT2D eigenvalue weighted by molar-refractivity contribution is 6.62. The van der Waals surface area contributed by atoms with Gasteiger partial charge >= 0.3 is 14.9 Å². The van der Waals surface area contributed by atoms with Gasteiger partial charge in [0.05, 0.1) is 0 Å². The third-order valence-corrected chi connectivity index (χ3v) is 6.04. The maximum atomic E-state index is 11.2. The van der Waals surface area contributed by atoms with Crippen LogP contribution in [0.2, 0.25) is 0 Å². The highest BCUT2D eigenvalue weighted by Crippen LogP contribution is 2.26. The monoisotopic (exact) mass is 303 g/mol. The van der Waals surface area contributed by atoms with E-state index in [0.717, 1.165) is 0 Å². The summed E-state index contributed by atoms with van der Waals surface area (Å²) in [6.45, 7) is 8.48. The highest BCUT2D eigenvalue weighted by Gasteiger charge is 2.54. The van der Waals surface area contributed by atoms with E-state index in [0.29, 0.717) is 26.2 Å². The SMILES string of the molecule is C#CCC(C)C(OC(N)=O)[Si](OCC)(OCC)OCC. The molecule has 7 heteroatoms. The molecule has 0 aliphatic carbocycles. The second-order valence-electron chi connectivity index (χ2n) is 4.15. The molecule has 0 aliphatic heterocycles. The molecular formula is C13H25NO5Si. The van der Waals surface area contributed by atoms with Gasteiger partial charge in [0.15, 0.2) is 5.73 Å². The van der Waals surface area contributed by atoms with Gasteiger partial charge in [-0.2, -0.15) is 0 Å². The number of carbonyl (C=O) groups excluding carboxylic acids is 1. The Balaban J connectivity index is 5.43. The van der Waals surface area contributed by atoms with Crippen LogP contribution in [0.4, 0.5) is 4.79 Å². The summed E-state index contributed by atoms with van der Waals surface area (Å²) in [5.74, 6) is 2.37. The summed E-state index contributed by atoms with van der Waals surface area (Å²) < 4.78 is 22.4. The first-order valence-corrected chi connectivity index (χ1v) is 8.58. The molecule has 0 bridgehead atoms. The van der Waals surface area contributed by atoms with Crippen molar-refractivity contribution < 1.29 is 22.8 Å². The molecule has 0 heterocycles. The number of rotatable bonds is 10. The van der Waals surface area contributed by atoms with Crippen LogP contribution in [0, 0.1) is 18.3 Å².